The van der Waals surface area contributed by atoms with Gasteiger partial charge >= 0.3 is 0 Å². The van der Waals surface area contributed by atoms with E-state index >= 15 is 0 Å². The van der Waals surface area contributed by atoms with Crippen molar-refractivity contribution < 1.29 is 13.2 Å². The second kappa shape index (κ2) is 9.23. The summed E-state index contributed by atoms with van der Waals surface area (Å²) in [5, 5.41) is 0.906. The summed E-state index contributed by atoms with van der Waals surface area (Å²) in [5.74, 6) is -0.776. The fourth-order valence-corrected chi connectivity index (χ4v) is 4.31. The van der Waals surface area contributed by atoms with Crippen LogP contribution >= 0.6 is 12.4 Å². The largest absolute Gasteiger partial charge is 0.312 e. The van der Waals surface area contributed by atoms with Crippen LogP contribution in [0.25, 0.3) is 22.7 Å². The number of fused-ring (bicyclic) bond motifs is 3. The predicted molar refractivity (Wildman–Crippen MR) is 125 cm³/mol. The van der Waals surface area contributed by atoms with Gasteiger partial charge < -0.3 is 4.57 Å². The zero-order chi connectivity index (χ0) is 21.4. The van der Waals surface area contributed by atoms with Crippen molar-refractivity contribution in [2.75, 3.05) is 6.54 Å². The lowest BCUT2D eigenvalue weighted by molar-refractivity contribution is 0.287. The summed E-state index contributed by atoms with van der Waals surface area (Å²) in [6, 6.07) is 17.7. The number of benzene rings is 3. The molecule has 1 aliphatic rings. The van der Waals surface area contributed by atoms with Gasteiger partial charge in [0, 0.05) is 36.4 Å². The summed E-state index contributed by atoms with van der Waals surface area (Å²) in [5.41, 5.74) is 5.03. The van der Waals surface area contributed by atoms with E-state index in [0.717, 1.165) is 59.5 Å². The third-order valence-corrected chi connectivity index (χ3v) is 5.78. The van der Waals surface area contributed by atoms with E-state index in [4.69, 9.17) is 0 Å². The lowest BCUT2D eigenvalue weighted by Gasteiger charge is -2.16. The van der Waals surface area contributed by atoms with Gasteiger partial charge in [-0.25, -0.2) is 13.2 Å². The molecule has 0 saturated heterocycles. The van der Waals surface area contributed by atoms with Gasteiger partial charge in [-0.3, -0.25) is 4.90 Å². The van der Waals surface area contributed by atoms with Crippen molar-refractivity contribution in [2.45, 2.75) is 19.5 Å². The first-order chi connectivity index (χ1) is 15.1. The topological polar surface area (TPSA) is 8.17 Å². The molecule has 0 amide bonds. The molecule has 0 spiro atoms. The molecule has 0 atom stereocenters. The highest BCUT2D eigenvalue weighted by Crippen LogP contribution is 2.36. The van der Waals surface area contributed by atoms with Gasteiger partial charge in [0.2, 0.25) is 0 Å². The fourth-order valence-electron chi connectivity index (χ4n) is 4.31. The minimum Gasteiger partial charge on any atom is -0.312 e. The van der Waals surface area contributed by atoms with Gasteiger partial charge in [0.05, 0.1) is 5.52 Å². The van der Waals surface area contributed by atoms with Gasteiger partial charge in [-0.1, -0.05) is 24.3 Å². The van der Waals surface area contributed by atoms with Gasteiger partial charge in [0.1, 0.15) is 17.5 Å². The number of rotatable bonds is 5. The monoisotopic (exact) mass is 454 g/mol. The minimum absolute atomic E-state index is 0. The Hall–Kier alpha value is -3.02. The van der Waals surface area contributed by atoms with E-state index in [1.54, 1.807) is 36.4 Å². The van der Waals surface area contributed by atoms with Crippen LogP contribution in [0.1, 0.15) is 23.2 Å². The van der Waals surface area contributed by atoms with Crippen LogP contribution < -0.4 is 0 Å². The van der Waals surface area contributed by atoms with Crippen molar-refractivity contribution in [3.05, 3.63) is 107 Å². The van der Waals surface area contributed by atoms with Crippen LogP contribution in [0.3, 0.4) is 0 Å². The average Bonchev–Trinajstić information content (AvgIpc) is 3.30. The molecule has 0 bridgehead atoms. The van der Waals surface area contributed by atoms with E-state index in [0.29, 0.717) is 0 Å². The van der Waals surface area contributed by atoms with E-state index in [9.17, 15) is 13.2 Å². The Morgan fingerprint density at radius 1 is 0.781 bits per heavy atom. The second-order valence-corrected chi connectivity index (χ2v) is 7.85. The van der Waals surface area contributed by atoms with E-state index in [2.05, 4.69) is 15.5 Å². The number of halogens is 4. The Kier molecular flexibility index (Phi) is 6.40. The Morgan fingerprint density at radius 3 is 2.16 bits per heavy atom. The number of hydrogen-bond donors (Lipinski definition) is 0. The van der Waals surface area contributed by atoms with Crippen LogP contribution in [0.2, 0.25) is 0 Å². The van der Waals surface area contributed by atoms with E-state index < -0.39 is 0 Å². The number of nitrogens with zero attached hydrogens (tertiary/aromatic N) is 2. The molecule has 0 fully saturated rings. The minimum atomic E-state index is -0.280. The first kappa shape index (κ1) is 22.2. The Morgan fingerprint density at radius 2 is 1.44 bits per heavy atom. The SMILES string of the molecule is Cl.Fc1ccc(C=CCCN2Cc3c(n(-c4ccc(F)cc4)c4ccc(F)cc34)C2)cc1. The summed E-state index contributed by atoms with van der Waals surface area (Å²) < 4.78 is 42.6. The van der Waals surface area contributed by atoms with Crippen molar-refractivity contribution in [3.63, 3.8) is 0 Å². The maximum atomic E-state index is 14.0. The first-order valence-corrected chi connectivity index (χ1v) is 10.3. The molecule has 0 N–H and O–H groups in total. The molecule has 1 aromatic heterocycles. The summed E-state index contributed by atoms with van der Waals surface area (Å²) in [6.45, 7) is 2.34. The molecule has 2 nitrogen and oxygen atoms in total. The standard InChI is InChI=1S/C26H21F3N2.ClH/c27-19-6-4-18(5-7-19)3-1-2-14-30-16-24-23-15-21(29)10-13-25(23)31(26(24)17-30)22-11-8-20(28)9-12-22;/h1,3-13,15H,2,14,16-17H2;1H. The van der Waals surface area contributed by atoms with Crippen LogP contribution in [-0.2, 0) is 13.1 Å². The first-order valence-electron chi connectivity index (χ1n) is 10.3. The summed E-state index contributed by atoms with van der Waals surface area (Å²) in [4.78, 5) is 2.32. The highest BCUT2D eigenvalue weighted by molar-refractivity contribution is 5.88. The number of aromatic nitrogens is 1. The average molecular weight is 455 g/mol. The summed E-state index contributed by atoms with van der Waals surface area (Å²) in [7, 11) is 0. The second-order valence-electron chi connectivity index (χ2n) is 7.85. The Bertz CT molecular complexity index is 1260. The highest BCUT2D eigenvalue weighted by atomic mass is 35.5. The van der Waals surface area contributed by atoms with Crippen molar-refractivity contribution >= 4 is 29.4 Å². The highest BCUT2D eigenvalue weighted by Gasteiger charge is 2.27. The molecule has 32 heavy (non-hydrogen) atoms. The van der Waals surface area contributed by atoms with Crippen molar-refractivity contribution in [1.29, 1.82) is 0 Å². The van der Waals surface area contributed by atoms with Crippen LogP contribution in [-0.4, -0.2) is 16.0 Å². The zero-order valence-corrected chi connectivity index (χ0v) is 18.1. The van der Waals surface area contributed by atoms with Crippen LogP contribution in [0, 0.1) is 17.5 Å². The van der Waals surface area contributed by atoms with E-state index in [-0.39, 0.29) is 29.9 Å². The van der Waals surface area contributed by atoms with Crippen LogP contribution in [0.15, 0.2) is 72.8 Å². The van der Waals surface area contributed by atoms with Gasteiger partial charge in [-0.05, 0) is 72.1 Å². The molecule has 164 valence electrons. The molecular weight excluding hydrogens is 433 g/mol. The smallest absolute Gasteiger partial charge is 0.123 e. The lowest BCUT2D eigenvalue weighted by Crippen LogP contribution is -2.18. The van der Waals surface area contributed by atoms with E-state index in [1.165, 1.54) is 30.3 Å². The third kappa shape index (κ3) is 4.31. The molecule has 2 heterocycles. The Balaban J connectivity index is 0.00000245. The number of hydrogen-bond acceptors (Lipinski definition) is 1. The van der Waals surface area contributed by atoms with Gasteiger partial charge in [0.25, 0.3) is 0 Å². The van der Waals surface area contributed by atoms with Crippen molar-refractivity contribution in [3.8, 4) is 5.69 Å². The third-order valence-electron chi connectivity index (χ3n) is 5.78. The van der Waals surface area contributed by atoms with Gasteiger partial charge in [0.15, 0.2) is 0 Å². The van der Waals surface area contributed by atoms with Crippen LogP contribution in [0.5, 0.6) is 0 Å². The fraction of sp³-hybridized carbons (Fsp3) is 0.154. The summed E-state index contributed by atoms with van der Waals surface area (Å²) in [6.07, 6.45) is 4.93. The van der Waals surface area contributed by atoms with E-state index in [1.807, 2.05) is 6.08 Å². The molecule has 4 aromatic rings. The predicted octanol–water partition coefficient (Wildman–Crippen LogP) is 6.89. The maximum absolute atomic E-state index is 14.0. The maximum Gasteiger partial charge on any atom is 0.123 e. The molecule has 6 heteroatoms. The normalized spacial score (nSPS) is 13.6. The quantitative estimate of drug-likeness (QED) is 0.319. The summed E-state index contributed by atoms with van der Waals surface area (Å²) >= 11 is 0. The molecule has 5 rings (SSSR count). The van der Waals surface area contributed by atoms with Crippen LogP contribution in [0.4, 0.5) is 13.2 Å². The van der Waals surface area contributed by atoms with Crippen molar-refractivity contribution in [1.82, 2.24) is 9.47 Å². The zero-order valence-electron chi connectivity index (χ0n) is 17.3. The lowest BCUT2D eigenvalue weighted by atomic mass is 10.1. The van der Waals surface area contributed by atoms with Crippen molar-refractivity contribution in [2.24, 2.45) is 0 Å². The molecule has 0 radical (unpaired) electrons. The van der Waals surface area contributed by atoms with Gasteiger partial charge in [-0.2, -0.15) is 0 Å². The molecule has 0 aliphatic carbocycles. The Labute approximate surface area is 191 Å². The molecule has 3 aromatic carbocycles. The molecule has 0 saturated carbocycles. The van der Waals surface area contributed by atoms with Gasteiger partial charge in [-0.15, -0.1) is 12.4 Å². The molecular formula is C26H22ClF3N2. The molecule has 0 unspecified atom stereocenters. The molecule has 1 aliphatic heterocycles.